The third-order valence-corrected chi connectivity index (χ3v) is 9.71. The second-order valence-corrected chi connectivity index (χ2v) is 10.5. The van der Waals surface area contributed by atoms with E-state index in [-0.39, 0.29) is 26.3 Å². The Kier molecular flexibility index (Phi) is 5.28. The summed E-state index contributed by atoms with van der Waals surface area (Å²) >= 11 is -0.614. The fourth-order valence-corrected chi connectivity index (χ4v) is 7.60. The molecule has 0 spiro atoms. The van der Waals surface area contributed by atoms with Crippen molar-refractivity contribution in [2.45, 2.75) is 12.4 Å². The van der Waals surface area contributed by atoms with Gasteiger partial charge in [0.15, 0.2) is 0 Å². The van der Waals surface area contributed by atoms with Crippen molar-refractivity contribution < 1.29 is 26.3 Å². The van der Waals surface area contributed by atoms with Crippen LogP contribution in [-0.2, 0) is 12.4 Å². The summed E-state index contributed by atoms with van der Waals surface area (Å²) in [6.07, 6.45) is -8.81. The first-order valence-corrected chi connectivity index (χ1v) is 11.9. The van der Waals surface area contributed by atoms with Gasteiger partial charge >= 0.3 is 134 Å². The van der Waals surface area contributed by atoms with Gasteiger partial charge in [-0.3, -0.25) is 0 Å². The fourth-order valence-electron chi connectivity index (χ4n) is 1.54. The molecule has 0 bridgehead atoms. The monoisotopic (exact) mass is 450 g/mol. The summed E-state index contributed by atoms with van der Waals surface area (Å²) in [6, 6.07) is 9.89. The van der Waals surface area contributed by atoms with Crippen molar-refractivity contribution in [3.63, 3.8) is 0 Å². The molecule has 0 amide bonds. The van der Waals surface area contributed by atoms with Crippen LogP contribution in [0.5, 0.6) is 0 Å². The summed E-state index contributed by atoms with van der Waals surface area (Å²) in [5.74, 6) is 0. The third-order valence-electron chi connectivity index (χ3n) is 2.56. The van der Waals surface area contributed by atoms with E-state index in [9.17, 15) is 26.3 Å². The van der Waals surface area contributed by atoms with Gasteiger partial charge in [-0.1, -0.05) is 0 Å². The standard InChI is InChI=1S/C14H8F6Se2/c15-13(16,17)9-3-1-5-11(7-9)21-22-12-6-2-4-10(8-12)14(18,19)20/h1-8H. The Bertz CT molecular complexity index is 591. The number of alkyl halides is 6. The van der Waals surface area contributed by atoms with Gasteiger partial charge in [0.1, 0.15) is 0 Å². The Morgan fingerprint density at radius 2 is 0.955 bits per heavy atom. The van der Waals surface area contributed by atoms with Gasteiger partial charge in [0.05, 0.1) is 0 Å². The van der Waals surface area contributed by atoms with Crippen LogP contribution in [0.4, 0.5) is 26.3 Å². The van der Waals surface area contributed by atoms with E-state index < -0.39 is 23.5 Å². The van der Waals surface area contributed by atoms with Gasteiger partial charge in [-0.05, 0) is 0 Å². The summed E-state index contributed by atoms with van der Waals surface area (Å²) in [6.45, 7) is 0. The average molecular weight is 448 g/mol. The third kappa shape index (κ3) is 4.78. The summed E-state index contributed by atoms with van der Waals surface area (Å²) in [7, 11) is 0. The van der Waals surface area contributed by atoms with Crippen molar-refractivity contribution in [2.75, 3.05) is 0 Å². The molecule has 22 heavy (non-hydrogen) atoms. The van der Waals surface area contributed by atoms with Gasteiger partial charge in [0.25, 0.3) is 0 Å². The molecule has 0 N–H and O–H groups in total. The van der Waals surface area contributed by atoms with Crippen LogP contribution in [0.15, 0.2) is 48.5 Å². The second-order valence-electron chi connectivity index (χ2n) is 4.22. The molecule has 0 saturated carbocycles. The summed E-state index contributed by atoms with van der Waals surface area (Å²) < 4.78 is 76.7. The van der Waals surface area contributed by atoms with E-state index >= 15 is 0 Å². The SMILES string of the molecule is FC(F)(F)c1cccc([Se][Se]c2cccc(C(F)(F)F)c2)c1. The van der Waals surface area contributed by atoms with Gasteiger partial charge in [0, 0.05) is 0 Å². The predicted octanol–water partition coefficient (Wildman–Crippen LogP) is 3.00. The minimum atomic E-state index is -4.41. The molecule has 2 aromatic rings. The zero-order valence-electron chi connectivity index (χ0n) is 10.7. The molecular weight excluding hydrogens is 440 g/mol. The minimum absolute atomic E-state index is 0.307. The van der Waals surface area contributed by atoms with Crippen LogP contribution in [0.1, 0.15) is 11.1 Å². The molecule has 0 aliphatic heterocycles. The van der Waals surface area contributed by atoms with Gasteiger partial charge in [-0.15, -0.1) is 0 Å². The molecule has 0 fully saturated rings. The van der Waals surface area contributed by atoms with Crippen molar-refractivity contribution in [1.29, 1.82) is 0 Å². The normalized spacial score (nSPS) is 12.5. The molecule has 0 aromatic heterocycles. The molecular formula is C14H8F6Se2. The van der Waals surface area contributed by atoms with Crippen LogP contribution in [0.25, 0.3) is 0 Å². The summed E-state index contributed by atoms with van der Waals surface area (Å²) in [5.41, 5.74) is -1.46. The Morgan fingerprint density at radius 1 is 0.591 bits per heavy atom. The first-order valence-electron chi connectivity index (χ1n) is 5.85. The predicted molar refractivity (Wildman–Crippen MR) is 73.7 cm³/mol. The summed E-state index contributed by atoms with van der Waals surface area (Å²) in [4.78, 5) is 0. The number of benzene rings is 2. The van der Waals surface area contributed by atoms with Gasteiger partial charge in [-0.25, -0.2) is 0 Å². The van der Waals surface area contributed by atoms with Gasteiger partial charge < -0.3 is 0 Å². The molecule has 2 aromatic carbocycles. The average Bonchev–Trinajstić information content (AvgIpc) is 2.44. The van der Waals surface area contributed by atoms with Crippen LogP contribution < -0.4 is 8.92 Å². The van der Waals surface area contributed by atoms with Crippen molar-refractivity contribution >= 4 is 35.2 Å². The van der Waals surface area contributed by atoms with Crippen molar-refractivity contribution in [1.82, 2.24) is 0 Å². The Labute approximate surface area is 133 Å². The molecule has 0 radical (unpaired) electrons. The van der Waals surface area contributed by atoms with E-state index in [4.69, 9.17) is 0 Å². The van der Waals surface area contributed by atoms with E-state index in [1.165, 1.54) is 12.1 Å². The van der Waals surface area contributed by atoms with E-state index in [0.29, 0.717) is 8.92 Å². The molecule has 118 valence electrons. The van der Waals surface area contributed by atoms with Crippen LogP contribution in [0.2, 0.25) is 0 Å². The van der Waals surface area contributed by atoms with Crippen molar-refractivity contribution in [3.05, 3.63) is 59.7 Å². The number of hydrogen-bond donors (Lipinski definition) is 0. The Balaban J connectivity index is 2.11. The first kappa shape index (κ1) is 17.4. The van der Waals surface area contributed by atoms with Crippen LogP contribution in [0.3, 0.4) is 0 Å². The van der Waals surface area contributed by atoms with Crippen molar-refractivity contribution in [3.8, 4) is 0 Å². The van der Waals surface area contributed by atoms with E-state index in [0.717, 1.165) is 24.3 Å². The number of rotatable bonds is 3. The number of halogens is 6. The van der Waals surface area contributed by atoms with Gasteiger partial charge in [0.2, 0.25) is 0 Å². The maximum absolute atomic E-state index is 12.6. The molecule has 0 aliphatic carbocycles. The van der Waals surface area contributed by atoms with Crippen LogP contribution >= 0.6 is 0 Å². The van der Waals surface area contributed by atoms with Crippen LogP contribution in [-0.4, -0.2) is 26.3 Å². The maximum atomic E-state index is 12.6. The molecule has 8 heteroatoms. The molecule has 0 heterocycles. The molecule has 0 atom stereocenters. The molecule has 0 nitrogen and oxygen atoms in total. The summed E-state index contributed by atoms with van der Waals surface area (Å²) in [5, 5.41) is 0. The van der Waals surface area contributed by atoms with E-state index in [2.05, 4.69) is 0 Å². The Morgan fingerprint density at radius 3 is 1.27 bits per heavy atom. The van der Waals surface area contributed by atoms with E-state index in [1.807, 2.05) is 0 Å². The molecule has 0 unspecified atom stereocenters. The zero-order valence-corrected chi connectivity index (χ0v) is 14.1. The molecule has 0 saturated heterocycles. The van der Waals surface area contributed by atoms with E-state index in [1.54, 1.807) is 12.1 Å². The first-order chi connectivity index (χ1) is 10.2. The quantitative estimate of drug-likeness (QED) is 0.501. The molecule has 0 aliphatic rings. The van der Waals surface area contributed by atoms with Crippen molar-refractivity contribution in [2.24, 2.45) is 0 Å². The fraction of sp³-hybridized carbons (Fsp3) is 0.143. The Hall–Kier alpha value is -0.941. The number of hydrogen-bond acceptors (Lipinski definition) is 0. The topological polar surface area (TPSA) is 0 Å². The van der Waals surface area contributed by atoms with Crippen LogP contribution in [0, 0.1) is 0 Å². The zero-order chi connectivity index (χ0) is 16.4. The second kappa shape index (κ2) is 6.67. The molecule has 2 rings (SSSR count). The van der Waals surface area contributed by atoms with Gasteiger partial charge in [-0.2, -0.15) is 0 Å².